The number of rotatable bonds is 7. The Morgan fingerprint density at radius 1 is 1.27 bits per heavy atom. The molecule has 0 radical (unpaired) electrons. The van der Waals surface area contributed by atoms with Crippen molar-refractivity contribution in [3.05, 3.63) is 53.9 Å². The molecular formula is C20H23N3O3. The molecule has 1 aromatic carbocycles. The highest BCUT2D eigenvalue weighted by Gasteiger charge is 2.15. The average Bonchev–Trinajstić information content (AvgIpc) is 2.66. The first kappa shape index (κ1) is 17.9. The molecule has 2 heterocycles. The van der Waals surface area contributed by atoms with Crippen LogP contribution in [0.1, 0.15) is 43.4 Å². The van der Waals surface area contributed by atoms with E-state index in [2.05, 4.69) is 15.6 Å². The number of carbonyl (C=O) groups excluding carboxylic acids is 2. The van der Waals surface area contributed by atoms with E-state index in [4.69, 9.17) is 4.74 Å². The SMILES string of the molecule is CC(NC(=O)CCCOc1ccc2c(c1)CCC(=O)N2)c1ccncc1. The highest BCUT2D eigenvalue weighted by molar-refractivity contribution is 5.94. The quantitative estimate of drug-likeness (QED) is 0.750. The highest BCUT2D eigenvalue weighted by atomic mass is 16.5. The van der Waals surface area contributed by atoms with Crippen molar-refractivity contribution in [3.63, 3.8) is 0 Å². The van der Waals surface area contributed by atoms with Gasteiger partial charge in [-0.15, -0.1) is 0 Å². The van der Waals surface area contributed by atoms with E-state index in [1.807, 2.05) is 37.3 Å². The minimum atomic E-state index is -0.0396. The molecule has 6 heteroatoms. The first-order chi connectivity index (χ1) is 12.6. The van der Waals surface area contributed by atoms with Crippen LogP contribution in [0.2, 0.25) is 0 Å². The molecule has 0 fully saturated rings. The van der Waals surface area contributed by atoms with Crippen LogP contribution in [-0.4, -0.2) is 23.4 Å². The van der Waals surface area contributed by atoms with Gasteiger partial charge < -0.3 is 15.4 Å². The predicted molar refractivity (Wildman–Crippen MR) is 98.9 cm³/mol. The second kappa shape index (κ2) is 8.47. The summed E-state index contributed by atoms with van der Waals surface area (Å²) in [5.74, 6) is 0.828. The van der Waals surface area contributed by atoms with Crippen LogP contribution < -0.4 is 15.4 Å². The maximum absolute atomic E-state index is 12.0. The minimum Gasteiger partial charge on any atom is -0.494 e. The van der Waals surface area contributed by atoms with E-state index >= 15 is 0 Å². The zero-order valence-corrected chi connectivity index (χ0v) is 14.8. The van der Waals surface area contributed by atoms with Gasteiger partial charge in [0, 0.05) is 30.9 Å². The third kappa shape index (κ3) is 4.81. The van der Waals surface area contributed by atoms with Crippen LogP contribution in [-0.2, 0) is 16.0 Å². The van der Waals surface area contributed by atoms with Crippen molar-refractivity contribution in [1.29, 1.82) is 0 Å². The lowest BCUT2D eigenvalue weighted by atomic mass is 10.0. The monoisotopic (exact) mass is 353 g/mol. The van der Waals surface area contributed by atoms with Crippen molar-refractivity contribution in [1.82, 2.24) is 10.3 Å². The number of hydrogen-bond donors (Lipinski definition) is 2. The molecule has 1 atom stereocenters. The molecule has 2 N–H and O–H groups in total. The number of aryl methyl sites for hydroxylation is 1. The summed E-state index contributed by atoms with van der Waals surface area (Å²) in [6.45, 7) is 2.43. The van der Waals surface area contributed by atoms with Crippen molar-refractivity contribution in [2.75, 3.05) is 11.9 Å². The van der Waals surface area contributed by atoms with Gasteiger partial charge in [0.05, 0.1) is 12.6 Å². The molecule has 6 nitrogen and oxygen atoms in total. The van der Waals surface area contributed by atoms with Gasteiger partial charge in [-0.25, -0.2) is 0 Å². The Labute approximate surface area is 153 Å². The summed E-state index contributed by atoms with van der Waals surface area (Å²) < 4.78 is 5.74. The maximum atomic E-state index is 12.0. The number of anilines is 1. The van der Waals surface area contributed by atoms with Crippen molar-refractivity contribution in [2.24, 2.45) is 0 Å². The fourth-order valence-electron chi connectivity index (χ4n) is 2.92. The number of amides is 2. The van der Waals surface area contributed by atoms with Gasteiger partial charge in [-0.2, -0.15) is 0 Å². The van der Waals surface area contributed by atoms with Gasteiger partial charge in [0.25, 0.3) is 0 Å². The molecule has 1 aliphatic rings. The lowest BCUT2D eigenvalue weighted by molar-refractivity contribution is -0.122. The van der Waals surface area contributed by atoms with Crippen LogP contribution in [0.3, 0.4) is 0 Å². The Kier molecular flexibility index (Phi) is 5.84. The van der Waals surface area contributed by atoms with E-state index in [0.717, 1.165) is 29.0 Å². The molecule has 2 amide bonds. The topological polar surface area (TPSA) is 80.3 Å². The smallest absolute Gasteiger partial charge is 0.224 e. The van der Waals surface area contributed by atoms with Gasteiger partial charge in [-0.3, -0.25) is 14.6 Å². The zero-order valence-electron chi connectivity index (χ0n) is 14.8. The Balaban J connectivity index is 1.40. The van der Waals surface area contributed by atoms with Crippen LogP contribution >= 0.6 is 0 Å². The second-order valence-electron chi connectivity index (χ2n) is 6.39. The molecule has 0 saturated carbocycles. The molecule has 136 valence electrons. The summed E-state index contributed by atoms with van der Waals surface area (Å²) in [6, 6.07) is 9.42. The van der Waals surface area contributed by atoms with Crippen LogP contribution in [0.5, 0.6) is 5.75 Å². The average molecular weight is 353 g/mol. The van der Waals surface area contributed by atoms with E-state index in [-0.39, 0.29) is 17.9 Å². The van der Waals surface area contributed by atoms with Gasteiger partial charge in [0.1, 0.15) is 5.75 Å². The number of hydrogen-bond acceptors (Lipinski definition) is 4. The van der Waals surface area contributed by atoms with Crippen molar-refractivity contribution < 1.29 is 14.3 Å². The maximum Gasteiger partial charge on any atom is 0.224 e. The van der Waals surface area contributed by atoms with Gasteiger partial charge >= 0.3 is 0 Å². The normalized spacial score (nSPS) is 14.1. The molecule has 2 aromatic rings. The lowest BCUT2D eigenvalue weighted by Crippen LogP contribution is -2.26. The molecule has 0 spiro atoms. The Morgan fingerprint density at radius 2 is 2.08 bits per heavy atom. The van der Waals surface area contributed by atoms with E-state index < -0.39 is 0 Å². The molecule has 0 saturated heterocycles. The number of fused-ring (bicyclic) bond motifs is 1. The standard InChI is InChI=1S/C20H23N3O3/c1-14(15-8-10-21-11-9-15)22-19(24)3-2-12-26-17-5-6-18-16(13-17)4-7-20(25)23-18/h5-6,8-11,13-14H,2-4,7,12H2,1H3,(H,22,24)(H,23,25). The number of carbonyl (C=O) groups is 2. The van der Waals surface area contributed by atoms with Gasteiger partial charge in [-0.05, 0) is 61.2 Å². The third-order valence-electron chi connectivity index (χ3n) is 4.37. The largest absolute Gasteiger partial charge is 0.494 e. The zero-order chi connectivity index (χ0) is 18.4. The summed E-state index contributed by atoms with van der Waals surface area (Å²) >= 11 is 0. The Morgan fingerprint density at radius 3 is 2.88 bits per heavy atom. The van der Waals surface area contributed by atoms with Crippen molar-refractivity contribution in [3.8, 4) is 5.75 Å². The Bertz CT molecular complexity index is 777. The second-order valence-corrected chi connectivity index (χ2v) is 6.39. The highest BCUT2D eigenvalue weighted by Crippen LogP contribution is 2.26. The molecule has 1 aliphatic heterocycles. The van der Waals surface area contributed by atoms with Crippen LogP contribution in [0.25, 0.3) is 0 Å². The van der Waals surface area contributed by atoms with Crippen molar-refractivity contribution in [2.45, 2.75) is 38.6 Å². The molecule has 3 rings (SSSR count). The summed E-state index contributed by atoms with van der Waals surface area (Å²) in [4.78, 5) is 27.4. The van der Waals surface area contributed by atoms with Gasteiger partial charge in [0.2, 0.25) is 11.8 Å². The molecule has 0 aliphatic carbocycles. The Hall–Kier alpha value is -2.89. The molecule has 0 bridgehead atoms. The fraction of sp³-hybridized carbons (Fsp3) is 0.350. The molecular weight excluding hydrogens is 330 g/mol. The number of nitrogens with one attached hydrogen (secondary N) is 2. The van der Waals surface area contributed by atoms with Crippen molar-refractivity contribution >= 4 is 17.5 Å². The first-order valence-corrected chi connectivity index (χ1v) is 8.86. The summed E-state index contributed by atoms with van der Waals surface area (Å²) in [5, 5.41) is 5.83. The minimum absolute atomic E-state index is 0.00562. The van der Waals surface area contributed by atoms with E-state index in [9.17, 15) is 9.59 Å². The van der Waals surface area contributed by atoms with Gasteiger partial charge in [-0.1, -0.05) is 0 Å². The van der Waals surface area contributed by atoms with Crippen LogP contribution in [0, 0.1) is 0 Å². The van der Waals surface area contributed by atoms with Crippen LogP contribution in [0.15, 0.2) is 42.7 Å². The number of aromatic nitrogens is 1. The number of ether oxygens (including phenoxy) is 1. The summed E-state index contributed by atoms with van der Waals surface area (Å²) in [5.41, 5.74) is 2.98. The van der Waals surface area contributed by atoms with E-state index in [1.165, 1.54) is 0 Å². The first-order valence-electron chi connectivity index (χ1n) is 8.86. The number of pyridine rings is 1. The third-order valence-corrected chi connectivity index (χ3v) is 4.37. The number of benzene rings is 1. The lowest BCUT2D eigenvalue weighted by Gasteiger charge is -2.17. The van der Waals surface area contributed by atoms with Gasteiger partial charge in [0.15, 0.2) is 0 Å². The number of nitrogens with zero attached hydrogens (tertiary/aromatic N) is 1. The van der Waals surface area contributed by atoms with E-state index in [1.54, 1.807) is 12.4 Å². The summed E-state index contributed by atoms with van der Waals surface area (Å²) in [7, 11) is 0. The molecule has 26 heavy (non-hydrogen) atoms. The fourth-order valence-corrected chi connectivity index (χ4v) is 2.92. The summed E-state index contributed by atoms with van der Waals surface area (Å²) in [6.07, 6.45) is 5.73. The van der Waals surface area contributed by atoms with E-state index in [0.29, 0.717) is 25.9 Å². The molecule has 1 aromatic heterocycles. The molecule has 1 unspecified atom stereocenters. The predicted octanol–water partition coefficient (Wildman–Crippen LogP) is 3.00. The van der Waals surface area contributed by atoms with Crippen LogP contribution in [0.4, 0.5) is 5.69 Å².